The summed E-state index contributed by atoms with van der Waals surface area (Å²) >= 11 is 0. The summed E-state index contributed by atoms with van der Waals surface area (Å²) in [5, 5.41) is 10.6. The number of phenolic OH excluding ortho intramolecular Hbond substituents is 1. The minimum Gasteiger partial charge on any atom is -0.507 e. The van der Waals surface area contributed by atoms with Crippen LogP contribution in [-0.2, 0) is 10.1 Å². The third-order valence-electron chi connectivity index (χ3n) is 2.11. The first-order valence-corrected chi connectivity index (χ1v) is 5.62. The second-order valence-electron chi connectivity index (χ2n) is 3.14. The maximum absolute atomic E-state index is 10.9. The van der Waals surface area contributed by atoms with Gasteiger partial charge in [0.05, 0.1) is 4.90 Å². The third-order valence-corrected chi connectivity index (χ3v) is 2.94. The summed E-state index contributed by atoms with van der Waals surface area (Å²) in [5.74, 6) is -0.166. The van der Waals surface area contributed by atoms with Crippen molar-refractivity contribution in [1.82, 2.24) is 0 Å². The van der Waals surface area contributed by atoms with Crippen molar-refractivity contribution >= 4 is 20.9 Å². The van der Waals surface area contributed by atoms with Gasteiger partial charge in [0, 0.05) is 11.5 Å². The van der Waals surface area contributed by atoms with Gasteiger partial charge in [0.25, 0.3) is 10.1 Å². The van der Waals surface area contributed by atoms with E-state index < -0.39 is 10.1 Å². The van der Waals surface area contributed by atoms with Crippen LogP contribution in [0.5, 0.6) is 5.75 Å². The van der Waals surface area contributed by atoms with Crippen molar-refractivity contribution in [2.75, 3.05) is 0 Å². The Labute approximate surface area is 86.5 Å². The van der Waals surface area contributed by atoms with Gasteiger partial charge < -0.3 is 5.11 Å². The van der Waals surface area contributed by atoms with Crippen LogP contribution in [0.25, 0.3) is 10.8 Å². The Morgan fingerprint density at radius 3 is 2.40 bits per heavy atom. The van der Waals surface area contributed by atoms with Crippen LogP contribution in [0.4, 0.5) is 0 Å². The molecule has 0 saturated carbocycles. The van der Waals surface area contributed by atoms with Crippen molar-refractivity contribution in [3.8, 4) is 5.75 Å². The van der Waals surface area contributed by atoms with Gasteiger partial charge in [-0.05, 0) is 11.5 Å². The van der Waals surface area contributed by atoms with Gasteiger partial charge in [0.1, 0.15) is 5.75 Å². The Hall–Kier alpha value is -1.59. The Bertz CT molecular complexity index is 616. The number of rotatable bonds is 1. The van der Waals surface area contributed by atoms with Gasteiger partial charge in [-0.2, -0.15) is 8.42 Å². The van der Waals surface area contributed by atoms with E-state index in [1.54, 1.807) is 24.3 Å². The van der Waals surface area contributed by atoms with E-state index in [1.807, 2.05) is 0 Å². The molecule has 0 atom stereocenters. The van der Waals surface area contributed by atoms with E-state index in [0.717, 1.165) is 6.07 Å². The monoisotopic (exact) mass is 224 g/mol. The number of phenols is 1. The molecular weight excluding hydrogens is 216 g/mol. The third kappa shape index (κ3) is 1.79. The molecule has 0 amide bonds. The Balaban J connectivity index is 2.85. The first-order chi connectivity index (χ1) is 6.98. The number of aromatic hydroxyl groups is 1. The summed E-state index contributed by atoms with van der Waals surface area (Å²) < 4.78 is 30.6. The second kappa shape index (κ2) is 3.22. The number of hydrogen-bond donors (Lipinski definition) is 2. The molecule has 0 aromatic heterocycles. The topological polar surface area (TPSA) is 74.6 Å². The lowest BCUT2D eigenvalue weighted by Gasteiger charge is -2.03. The van der Waals surface area contributed by atoms with Crippen LogP contribution in [0, 0.1) is 0 Å². The van der Waals surface area contributed by atoms with E-state index in [-0.39, 0.29) is 10.6 Å². The van der Waals surface area contributed by atoms with Crippen LogP contribution < -0.4 is 0 Å². The summed E-state index contributed by atoms with van der Waals surface area (Å²) in [6.07, 6.45) is 0. The standard InChI is InChI=1S/C10H8O4S/c11-10-6-8(15(12,13)14)5-7-3-1-2-4-9(7)10/h1-6,11H,(H,12,13,14). The van der Waals surface area contributed by atoms with E-state index in [1.165, 1.54) is 6.07 Å². The highest BCUT2D eigenvalue weighted by Crippen LogP contribution is 2.28. The van der Waals surface area contributed by atoms with Crippen LogP contribution in [0.2, 0.25) is 0 Å². The van der Waals surface area contributed by atoms with Gasteiger partial charge in [-0.1, -0.05) is 24.3 Å². The number of fused-ring (bicyclic) bond motifs is 1. The lowest BCUT2D eigenvalue weighted by atomic mass is 10.1. The van der Waals surface area contributed by atoms with Gasteiger partial charge in [-0.3, -0.25) is 4.55 Å². The molecule has 0 saturated heterocycles. The Morgan fingerprint density at radius 1 is 1.07 bits per heavy atom. The molecule has 2 rings (SSSR count). The largest absolute Gasteiger partial charge is 0.507 e. The second-order valence-corrected chi connectivity index (χ2v) is 4.56. The molecule has 0 aliphatic heterocycles. The molecule has 0 fully saturated rings. The fourth-order valence-electron chi connectivity index (χ4n) is 1.41. The molecule has 0 aliphatic carbocycles. The summed E-state index contributed by atoms with van der Waals surface area (Å²) in [5.41, 5.74) is 0. The molecule has 0 aliphatic rings. The predicted molar refractivity (Wildman–Crippen MR) is 55.4 cm³/mol. The minimum atomic E-state index is -4.28. The van der Waals surface area contributed by atoms with Gasteiger partial charge in [-0.25, -0.2) is 0 Å². The van der Waals surface area contributed by atoms with E-state index in [0.29, 0.717) is 10.8 Å². The van der Waals surface area contributed by atoms with Crippen LogP contribution in [-0.4, -0.2) is 18.1 Å². The zero-order valence-corrected chi connectivity index (χ0v) is 8.40. The quantitative estimate of drug-likeness (QED) is 0.724. The molecule has 0 spiro atoms. The van der Waals surface area contributed by atoms with Crippen LogP contribution in [0.1, 0.15) is 0 Å². The average molecular weight is 224 g/mol. The Morgan fingerprint density at radius 2 is 1.73 bits per heavy atom. The SMILES string of the molecule is O=S(=O)(O)c1cc(O)c2ccccc2c1. The fraction of sp³-hybridized carbons (Fsp3) is 0. The normalized spacial score (nSPS) is 11.8. The van der Waals surface area contributed by atoms with Crippen molar-refractivity contribution in [3.63, 3.8) is 0 Å². The smallest absolute Gasteiger partial charge is 0.294 e. The first-order valence-electron chi connectivity index (χ1n) is 4.18. The molecule has 0 heterocycles. The summed E-state index contributed by atoms with van der Waals surface area (Å²) in [6, 6.07) is 9.11. The lowest BCUT2D eigenvalue weighted by molar-refractivity contribution is 0.471. The van der Waals surface area contributed by atoms with E-state index >= 15 is 0 Å². The van der Waals surface area contributed by atoms with Gasteiger partial charge in [0.15, 0.2) is 0 Å². The zero-order valence-electron chi connectivity index (χ0n) is 7.58. The van der Waals surface area contributed by atoms with E-state index in [9.17, 15) is 13.5 Å². The van der Waals surface area contributed by atoms with Crippen molar-refractivity contribution in [3.05, 3.63) is 36.4 Å². The maximum Gasteiger partial charge on any atom is 0.294 e. The number of benzene rings is 2. The zero-order chi connectivity index (χ0) is 11.1. The molecule has 4 nitrogen and oxygen atoms in total. The molecular formula is C10H8O4S. The van der Waals surface area contributed by atoms with Crippen molar-refractivity contribution in [1.29, 1.82) is 0 Å². The van der Waals surface area contributed by atoms with Crippen LogP contribution in [0.3, 0.4) is 0 Å². The summed E-state index contributed by atoms with van der Waals surface area (Å²) in [4.78, 5) is -0.307. The van der Waals surface area contributed by atoms with Gasteiger partial charge >= 0.3 is 0 Å². The molecule has 0 unspecified atom stereocenters. The molecule has 2 aromatic carbocycles. The van der Waals surface area contributed by atoms with Gasteiger partial charge in [-0.15, -0.1) is 0 Å². The average Bonchev–Trinajstić information content (AvgIpc) is 2.16. The van der Waals surface area contributed by atoms with E-state index in [2.05, 4.69) is 0 Å². The number of hydrogen-bond acceptors (Lipinski definition) is 3. The van der Waals surface area contributed by atoms with Crippen molar-refractivity contribution in [2.45, 2.75) is 4.90 Å². The van der Waals surface area contributed by atoms with Crippen molar-refractivity contribution in [2.24, 2.45) is 0 Å². The van der Waals surface area contributed by atoms with E-state index in [4.69, 9.17) is 4.55 Å². The Kier molecular flexibility index (Phi) is 2.13. The molecule has 0 bridgehead atoms. The lowest BCUT2D eigenvalue weighted by Crippen LogP contribution is -1.97. The molecule has 15 heavy (non-hydrogen) atoms. The summed E-state index contributed by atoms with van der Waals surface area (Å²) in [7, 11) is -4.28. The highest BCUT2D eigenvalue weighted by atomic mass is 32.2. The summed E-state index contributed by atoms with van der Waals surface area (Å²) in [6.45, 7) is 0. The highest BCUT2D eigenvalue weighted by Gasteiger charge is 2.12. The van der Waals surface area contributed by atoms with Crippen LogP contribution in [0.15, 0.2) is 41.3 Å². The molecule has 78 valence electrons. The molecule has 0 radical (unpaired) electrons. The van der Waals surface area contributed by atoms with Gasteiger partial charge in [0.2, 0.25) is 0 Å². The molecule has 5 heteroatoms. The minimum absolute atomic E-state index is 0.166. The highest BCUT2D eigenvalue weighted by molar-refractivity contribution is 7.85. The molecule has 2 aromatic rings. The van der Waals surface area contributed by atoms with Crippen molar-refractivity contribution < 1.29 is 18.1 Å². The first kappa shape index (κ1) is 9.95. The fourth-order valence-corrected chi connectivity index (χ4v) is 1.95. The predicted octanol–water partition coefficient (Wildman–Crippen LogP) is 1.79. The molecule has 2 N–H and O–H groups in total. The maximum atomic E-state index is 10.9. The van der Waals surface area contributed by atoms with Crippen LogP contribution >= 0.6 is 0 Å².